The third-order valence-electron chi connectivity index (χ3n) is 4.28. The molecule has 5 nitrogen and oxygen atoms in total. The van der Waals surface area contributed by atoms with Gasteiger partial charge in [0.25, 0.3) is 0 Å². The Morgan fingerprint density at radius 1 is 1.19 bits per heavy atom. The molecule has 0 aliphatic carbocycles. The minimum atomic E-state index is -3.41. The molecular weight excluding hydrogens is 286 g/mol. The normalized spacial score (nSPS) is 20.6. The van der Waals surface area contributed by atoms with E-state index in [0.29, 0.717) is 24.5 Å². The molecule has 0 unspecified atom stereocenters. The molecule has 1 aliphatic rings. The molecule has 1 heterocycles. The summed E-state index contributed by atoms with van der Waals surface area (Å²) in [5.41, 5.74) is 6.43. The molecule has 0 radical (unpaired) electrons. The van der Waals surface area contributed by atoms with Gasteiger partial charge in [0.05, 0.1) is 4.90 Å². The van der Waals surface area contributed by atoms with Crippen molar-refractivity contribution in [2.75, 3.05) is 33.2 Å². The first-order valence-corrected chi connectivity index (χ1v) is 8.72. The van der Waals surface area contributed by atoms with Crippen molar-refractivity contribution in [2.24, 2.45) is 5.73 Å². The molecule has 1 aromatic carbocycles. The molecule has 0 atom stereocenters. The van der Waals surface area contributed by atoms with Crippen LogP contribution < -0.4 is 5.73 Å². The molecule has 6 heteroatoms. The van der Waals surface area contributed by atoms with Crippen LogP contribution in [0, 0.1) is 0 Å². The van der Waals surface area contributed by atoms with Gasteiger partial charge in [-0.1, -0.05) is 12.1 Å². The van der Waals surface area contributed by atoms with Crippen LogP contribution in [0.5, 0.6) is 0 Å². The van der Waals surface area contributed by atoms with E-state index in [-0.39, 0.29) is 5.54 Å². The zero-order chi connectivity index (χ0) is 15.7. The van der Waals surface area contributed by atoms with Gasteiger partial charge in [-0.25, -0.2) is 8.42 Å². The van der Waals surface area contributed by atoms with Crippen LogP contribution in [0.25, 0.3) is 0 Å². The van der Waals surface area contributed by atoms with Crippen LogP contribution in [0.2, 0.25) is 0 Å². The molecule has 0 saturated carbocycles. The molecule has 0 amide bonds. The number of likely N-dealkylation sites (N-methyl/N-ethyl adjacent to an activating group) is 1. The second-order valence-corrected chi connectivity index (χ2v) is 8.19. The topological polar surface area (TPSA) is 66.6 Å². The van der Waals surface area contributed by atoms with Crippen molar-refractivity contribution in [3.63, 3.8) is 0 Å². The Morgan fingerprint density at radius 2 is 1.81 bits per heavy atom. The summed E-state index contributed by atoms with van der Waals surface area (Å²) in [6.45, 7) is 6.50. The van der Waals surface area contributed by atoms with E-state index >= 15 is 0 Å². The first kappa shape index (κ1) is 16.4. The minimum Gasteiger partial charge on any atom is -0.330 e. The molecule has 1 aromatic rings. The highest BCUT2D eigenvalue weighted by Crippen LogP contribution is 2.25. The highest BCUT2D eigenvalue weighted by Gasteiger charge is 2.37. The van der Waals surface area contributed by atoms with Gasteiger partial charge in [0.2, 0.25) is 10.0 Å². The van der Waals surface area contributed by atoms with Crippen molar-refractivity contribution in [2.45, 2.75) is 30.7 Å². The van der Waals surface area contributed by atoms with Gasteiger partial charge in [-0.05, 0) is 51.6 Å². The zero-order valence-corrected chi connectivity index (χ0v) is 13.9. The largest absolute Gasteiger partial charge is 0.330 e. The van der Waals surface area contributed by atoms with E-state index < -0.39 is 10.0 Å². The van der Waals surface area contributed by atoms with E-state index in [1.165, 1.54) is 0 Å². The Kier molecular flexibility index (Phi) is 4.72. The molecular formula is C15H25N3O2S. The number of sulfonamides is 1. The Labute approximate surface area is 127 Å². The smallest absolute Gasteiger partial charge is 0.243 e. The van der Waals surface area contributed by atoms with Gasteiger partial charge >= 0.3 is 0 Å². The number of hydrogen-bond acceptors (Lipinski definition) is 4. The lowest BCUT2D eigenvalue weighted by atomic mass is 10.0. The molecule has 0 bridgehead atoms. The highest BCUT2D eigenvalue weighted by molar-refractivity contribution is 7.89. The summed E-state index contributed by atoms with van der Waals surface area (Å²) in [5.74, 6) is 0. The predicted octanol–water partition coefficient (Wildman–Crippen LogP) is 0.903. The maximum atomic E-state index is 12.7. The minimum absolute atomic E-state index is 0.148. The quantitative estimate of drug-likeness (QED) is 0.897. The van der Waals surface area contributed by atoms with Crippen molar-refractivity contribution < 1.29 is 8.42 Å². The molecule has 0 aromatic heterocycles. The molecule has 1 fully saturated rings. The summed E-state index contributed by atoms with van der Waals surface area (Å²) in [4.78, 5) is 2.56. The second kappa shape index (κ2) is 6.04. The van der Waals surface area contributed by atoms with Gasteiger partial charge < -0.3 is 5.73 Å². The summed E-state index contributed by atoms with van der Waals surface area (Å²) in [6.07, 6.45) is 0.766. The SMILES string of the molecule is CN1CCN(S(=O)(=O)c2ccc(CCN)cc2)CC1(C)C. The number of hydrogen-bond donors (Lipinski definition) is 1. The first-order chi connectivity index (χ1) is 9.77. The molecule has 0 spiro atoms. The number of rotatable bonds is 4. The van der Waals surface area contributed by atoms with E-state index in [1.807, 2.05) is 19.2 Å². The van der Waals surface area contributed by atoms with E-state index in [4.69, 9.17) is 5.73 Å². The van der Waals surface area contributed by atoms with Gasteiger partial charge in [0.1, 0.15) is 0 Å². The van der Waals surface area contributed by atoms with Crippen LogP contribution in [0.3, 0.4) is 0 Å². The summed E-state index contributed by atoms with van der Waals surface area (Å²) >= 11 is 0. The highest BCUT2D eigenvalue weighted by atomic mass is 32.2. The lowest BCUT2D eigenvalue weighted by Crippen LogP contribution is -2.58. The lowest BCUT2D eigenvalue weighted by molar-refractivity contribution is 0.0801. The van der Waals surface area contributed by atoms with E-state index in [9.17, 15) is 8.42 Å². The van der Waals surface area contributed by atoms with Gasteiger partial charge in [0, 0.05) is 25.2 Å². The Morgan fingerprint density at radius 3 is 2.33 bits per heavy atom. The Balaban J connectivity index is 2.22. The number of nitrogens with zero attached hydrogens (tertiary/aromatic N) is 2. The molecule has 1 saturated heterocycles. The second-order valence-electron chi connectivity index (χ2n) is 6.26. The standard InChI is InChI=1S/C15H25N3O2S/c1-15(2)12-18(11-10-17(15)3)21(19,20)14-6-4-13(5-7-14)8-9-16/h4-7H,8-12,16H2,1-3H3. The van der Waals surface area contributed by atoms with Crippen molar-refractivity contribution >= 4 is 10.0 Å². The number of piperazine rings is 1. The van der Waals surface area contributed by atoms with Crippen LogP contribution in [0.1, 0.15) is 19.4 Å². The van der Waals surface area contributed by atoms with E-state index in [0.717, 1.165) is 18.5 Å². The summed E-state index contributed by atoms with van der Waals surface area (Å²) in [6, 6.07) is 7.07. The summed E-state index contributed by atoms with van der Waals surface area (Å²) < 4.78 is 27.1. The molecule has 2 rings (SSSR count). The van der Waals surface area contributed by atoms with Gasteiger partial charge in [-0.2, -0.15) is 4.31 Å². The van der Waals surface area contributed by atoms with Crippen molar-refractivity contribution in [3.05, 3.63) is 29.8 Å². The van der Waals surface area contributed by atoms with Crippen LogP contribution in [0.15, 0.2) is 29.2 Å². The van der Waals surface area contributed by atoms with Gasteiger partial charge in [-0.15, -0.1) is 0 Å². The maximum absolute atomic E-state index is 12.7. The summed E-state index contributed by atoms with van der Waals surface area (Å²) in [5, 5.41) is 0. The van der Waals surface area contributed by atoms with Crippen LogP contribution in [-0.2, 0) is 16.4 Å². The molecule has 118 valence electrons. The van der Waals surface area contributed by atoms with E-state index in [1.54, 1.807) is 16.4 Å². The monoisotopic (exact) mass is 311 g/mol. The Bertz CT molecular complexity index is 581. The number of benzene rings is 1. The number of nitrogens with two attached hydrogens (primary N) is 1. The molecule has 2 N–H and O–H groups in total. The fourth-order valence-electron chi connectivity index (χ4n) is 2.54. The van der Waals surface area contributed by atoms with Crippen molar-refractivity contribution in [1.82, 2.24) is 9.21 Å². The van der Waals surface area contributed by atoms with Crippen molar-refractivity contribution in [3.8, 4) is 0 Å². The zero-order valence-electron chi connectivity index (χ0n) is 13.0. The third-order valence-corrected chi connectivity index (χ3v) is 6.13. The van der Waals surface area contributed by atoms with Crippen molar-refractivity contribution in [1.29, 1.82) is 0 Å². The lowest BCUT2D eigenvalue weighted by Gasteiger charge is -2.44. The van der Waals surface area contributed by atoms with Crippen LogP contribution in [-0.4, -0.2) is 56.4 Å². The fraction of sp³-hybridized carbons (Fsp3) is 0.600. The van der Waals surface area contributed by atoms with E-state index in [2.05, 4.69) is 18.7 Å². The molecule has 21 heavy (non-hydrogen) atoms. The average Bonchev–Trinajstić information content (AvgIpc) is 2.42. The average molecular weight is 311 g/mol. The molecule has 1 aliphatic heterocycles. The van der Waals surface area contributed by atoms with Gasteiger partial charge in [0.15, 0.2) is 0 Å². The maximum Gasteiger partial charge on any atom is 0.243 e. The fourth-order valence-corrected chi connectivity index (χ4v) is 4.13. The summed E-state index contributed by atoms with van der Waals surface area (Å²) in [7, 11) is -1.38. The first-order valence-electron chi connectivity index (χ1n) is 7.28. The van der Waals surface area contributed by atoms with Gasteiger partial charge in [-0.3, -0.25) is 4.90 Å². The third kappa shape index (κ3) is 3.45. The predicted molar refractivity (Wildman–Crippen MR) is 84.7 cm³/mol. The Hall–Kier alpha value is -0.950. The van der Waals surface area contributed by atoms with Crippen LogP contribution >= 0.6 is 0 Å². The van der Waals surface area contributed by atoms with Crippen LogP contribution in [0.4, 0.5) is 0 Å².